The summed E-state index contributed by atoms with van der Waals surface area (Å²) in [7, 11) is 1.61. The molecule has 1 aromatic carbocycles. The normalized spacial score (nSPS) is 15.1. The first kappa shape index (κ1) is 17.0. The fourth-order valence-corrected chi connectivity index (χ4v) is 2.98. The van der Waals surface area contributed by atoms with E-state index < -0.39 is 0 Å². The Bertz CT molecular complexity index is 815. The van der Waals surface area contributed by atoms with Gasteiger partial charge in [0.25, 0.3) is 11.5 Å². The summed E-state index contributed by atoms with van der Waals surface area (Å²) in [5.74, 6) is 0.641. The second-order valence-corrected chi connectivity index (χ2v) is 6.06. The van der Waals surface area contributed by atoms with Gasteiger partial charge in [-0.15, -0.1) is 0 Å². The number of hydrogen-bond acceptors (Lipinski definition) is 3. The summed E-state index contributed by atoms with van der Waals surface area (Å²) in [6.45, 7) is 1.47. The lowest BCUT2D eigenvalue weighted by Gasteiger charge is -2.28. The van der Waals surface area contributed by atoms with E-state index in [1.165, 1.54) is 10.6 Å². The Labute approximate surface area is 147 Å². The van der Waals surface area contributed by atoms with Crippen LogP contribution < -0.4 is 10.3 Å². The highest BCUT2D eigenvalue weighted by Crippen LogP contribution is 2.19. The number of nitrogens with zero attached hydrogens (tertiary/aromatic N) is 2. The molecule has 1 aliphatic heterocycles. The van der Waals surface area contributed by atoms with Crippen LogP contribution in [0.25, 0.3) is 11.8 Å². The third kappa shape index (κ3) is 3.99. The smallest absolute Gasteiger partial charge is 0.270 e. The van der Waals surface area contributed by atoms with Crippen LogP contribution >= 0.6 is 0 Å². The maximum absolute atomic E-state index is 13.1. The predicted octanol–water partition coefficient (Wildman–Crippen LogP) is 2.87. The van der Waals surface area contributed by atoms with Crippen LogP contribution in [0.1, 0.15) is 24.8 Å². The summed E-state index contributed by atoms with van der Waals surface area (Å²) in [4.78, 5) is 27.2. The molecular formula is C20H22N2O3. The van der Waals surface area contributed by atoms with Gasteiger partial charge in [-0.2, -0.15) is 0 Å². The van der Waals surface area contributed by atoms with Crippen molar-refractivity contribution in [2.75, 3.05) is 20.2 Å². The molecule has 0 saturated carbocycles. The van der Waals surface area contributed by atoms with E-state index in [0.717, 1.165) is 43.7 Å². The second kappa shape index (κ2) is 7.83. The van der Waals surface area contributed by atoms with Gasteiger partial charge < -0.3 is 9.64 Å². The first-order valence-electron chi connectivity index (χ1n) is 8.52. The van der Waals surface area contributed by atoms with Crippen LogP contribution in [0.3, 0.4) is 0 Å². The molecule has 1 aromatic heterocycles. The number of amides is 1. The van der Waals surface area contributed by atoms with Crippen molar-refractivity contribution in [3.63, 3.8) is 0 Å². The minimum atomic E-state index is -0.215. The fourth-order valence-electron chi connectivity index (χ4n) is 2.98. The van der Waals surface area contributed by atoms with Crippen LogP contribution in [-0.2, 0) is 4.79 Å². The SMILES string of the molecule is COc1ccc(C=C(C(=O)N2CCCCC2)n2ccccc2=O)cc1. The molecule has 2 aromatic rings. The van der Waals surface area contributed by atoms with E-state index in [4.69, 9.17) is 4.74 Å². The van der Waals surface area contributed by atoms with Gasteiger partial charge in [0.1, 0.15) is 11.4 Å². The van der Waals surface area contributed by atoms with Crippen molar-refractivity contribution in [1.29, 1.82) is 0 Å². The van der Waals surface area contributed by atoms with Gasteiger partial charge in [0, 0.05) is 25.4 Å². The number of carbonyl (C=O) groups excluding carboxylic acids is 1. The van der Waals surface area contributed by atoms with Crippen LogP contribution in [0.5, 0.6) is 5.75 Å². The standard InChI is InChI=1S/C20H22N2O3/c1-25-17-10-8-16(9-11-17)15-18(22-14-6-3-7-19(22)23)20(24)21-12-4-2-5-13-21/h3,6-11,14-15H,2,4-5,12-13H2,1H3. The van der Waals surface area contributed by atoms with Gasteiger partial charge in [-0.3, -0.25) is 14.2 Å². The number of piperidine rings is 1. The van der Waals surface area contributed by atoms with Gasteiger partial charge in [0.05, 0.1) is 7.11 Å². The van der Waals surface area contributed by atoms with Gasteiger partial charge in [-0.05, 0) is 49.1 Å². The van der Waals surface area contributed by atoms with Gasteiger partial charge in [-0.25, -0.2) is 0 Å². The average molecular weight is 338 g/mol. The van der Waals surface area contributed by atoms with E-state index in [2.05, 4.69) is 0 Å². The number of rotatable bonds is 4. The second-order valence-electron chi connectivity index (χ2n) is 6.06. The van der Waals surface area contributed by atoms with E-state index >= 15 is 0 Å². The maximum Gasteiger partial charge on any atom is 0.270 e. The highest BCUT2D eigenvalue weighted by Gasteiger charge is 2.22. The maximum atomic E-state index is 13.1. The van der Waals surface area contributed by atoms with Crippen LogP contribution in [0.2, 0.25) is 0 Å². The lowest BCUT2D eigenvalue weighted by molar-refractivity contribution is -0.126. The molecule has 1 saturated heterocycles. The Balaban J connectivity index is 2.01. The highest BCUT2D eigenvalue weighted by molar-refractivity contribution is 6.18. The molecule has 0 atom stereocenters. The molecule has 130 valence electrons. The quantitative estimate of drug-likeness (QED) is 0.806. The molecule has 5 nitrogen and oxygen atoms in total. The van der Waals surface area contributed by atoms with Gasteiger partial charge in [-0.1, -0.05) is 18.2 Å². The fraction of sp³-hybridized carbons (Fsp3) is 0.300. The molecule has 0 bridgehead atoms. The third-order valence-electron chi connectivity index (χ3n) is 4.36. The Morgan fingerprint density at radius 1 is 1.04 bits per heavy atom. The monoisotopic (exact) mass is 338 g/mol. The molecular weight excluding hydrogens is 316 g/mol. The number of aromatic nitrogens is 1. The zero-order valence-corrected chi connectivity index (χ0v) is 14.4. The van der Waals surface area contributed by atoms with Gasteiger partial charge in [0.2, 0.25) is 0 Å². The molecule has 0 N–H and O–H groups in total. The molecule has 0 unspecified atom stereocenters. The minimum Gasteiger partial charge on any atom is -0.497 e. The number of carbonyl (C=O) groups is 1. The van der Waals surface area contributed by atoms with E-state index in [0.29, 0.717) is 5.70 Å². The van der Waals surface area contributed by atoms with E-state index in [9.17, 15) is 9.59 Å². The lowest BCUT2D eigenvalue weighted by Crippen LogP contribution is -2.38. The van der Waals surface area contributed by atoms with Crippen LogP contribution in [0.4, 0.5) is 0 Å². The molecule has 1 amide bonds. The Kier molecular flexibility index (Phi) is 5.33. The van der Waals surface area contributed by atoms with Crippen molar-refractivity contribution in [2.24, 2.45) is 0 Å². The molecule has 2 heterocycles. The number of hydrogen-bond donors (Lipinski definition) is 0. The molecule has 0 spiro atoms. The number of ether oxygens (including phenoxy) is 1. The summed E-state index contributed by atoms with van der Waals surface area (Å²) in [5.41, 5.74) is 1.00. The zero-order chi connectivity index (χ0) is 17.6. The summed E-state index contributed by atoms with van der Waals surface area (Å²) in [6, 6.07) is 12.3. The number of likely N-dealkylation sites (tertiary alicyclic amines) is 1. The summed E-state index contributed by atoms with van der Waals surface area (Å²) in [5, 5.41) is 0. The summed E-state index contributed by atoms with van der Waals surface area (Å²) < 4.78 is 6.59. The number of pyridine rings is 1. The topological polar surface area (TPSA) is 51.5 Å². The van der Waals surface area contributed by atoms with Gasteiger partial charge >= 0.3 is 0 Å². The lowest BCUT2D eigenvalue weighted by atomic mass is 10.1. The zero-order valence-electron chi connectivity index (χ0n) is 14.4. The van der Waals surface area contributed by atoms with E-state index in [-0.39, 0.29) is 11.5 Å². The summed E-state index contributed by atoms with van der Waals surface area (Å²) in [6.07, 6.45) is 6.56. The summed E-state index contributed by atoms with van der Waals surface area (Å²) >= 11 is 0. The molecule has 5 heteroatoms. The molecule has 3 rings (SSSR count). The van der Waals surface area contributed by atoms with Crippen LogP contribution in [0.15, 0.2) is 53.5 Å². The number of methoxy groups -OCH3 is 1. The largest absolute Gasteiger partial charge is 0.497 e. The first-order valence-corrected chi connectivity index (χ1v) is 8.52. The average Bonchev–Trinajstić information content (AvgIpc) is 2.67. The van der Waals surface area contributed by atoms with Crippen molar-refractivity contribution in [2.45, 2.75) is 19.3 Å². The van der Waals surface area contributed by atoms with Crippen molar-refractivity contribution >= 4 is 17.7 Å². The predicted molar refractivity (Wildman–Crippen MR) is 98.3 cm³/mol. The van der Waals surface area contributed by atoms with Crippen molar-refractivity contribution < 1.29 is 9.53 Å². The van der Waals surface area contributed by atoms with Crippen LogP contribution in [0, 0.1) is 0 Å². The Morgan fingerprint density at radius 3 is 2.40 bits per heavy atom. The minimum absolute atomic E-state index is 0.108. The van der Waals surface area contributed by atoms with Crippen molar-refractivity contribution in [3.05, 3.63) is 64.6 Å². The van der Waals surface area contributed by atoms with Crippen molar-refractivity contribution in [3.8, 4) is 5.75 Å². The Morgan fingerprint density at radius 2 is 1.76 bits per heavy atom. The molecule has 0 radical (unpaired) electrons. The third-order valence-corrected chi connectivity index (χ3v) is 4.36. The van der Waals surface area contributed by atoms with Crippen molar-refractivity contribution in [1.82, 2.24) is 9.47 Å². The van der Waals surface area contributed by atoms with Crippen LogP contribution in [-0.4, -0.2) is 35.6 Å². The molecule has 0 aliphatic carbocycles. The molecule has 1 fully saturated rings. The Hall–Kier alpha value is -2.82. The van der Waals surface area contributed by atoms with Gasteiger partial charge in [0.15, 0.2) is 0 Å². The van der Waals surface area contributed by atoms with E-state index in [1.807, 2.05) is 29.2 Å². The highest BCUT2D eigenvalue weighted by atomic mass is 16.5. The first-order chi connectivity index (χ1) is 12.2. The van der Waals surface area contributed by atoms with E-state index in [1.54, 1.807) is 31.5 Å². The molecule has 25 heavy (non-hydrogen) atoms. The number of benzene rings is 1. The molecule has 1 aliphatic rings.